The molecule has 1 unspecified atom stereocenters. The highest BCUT2D eigenvalue weighted by molar-refractivity contribution is 7.89. The van der Waals surface area contributed by atoms with E-state index in [1.165, 1.54) is 17.5 Å². The van der Waals surface area contributed by atoms with E-state index in [1.54, 1.807) is 7.05 Å². The number of thiophene rings is 1. The minimum absolute atomic E-state index is 0.116. The fraction of sp³-hybridized carbons (Fsp3) is 0.364. The highest BCUT2D eigenvalue weighted by Gasteiger charge is 2.23. The zero-order chi connectivity index (χ0) is 13.9. The van der Waals surface area contributed by atoms with E-state index < -0.39 is 10.0 Å². The van der Waals surface area contributed by atoms with Crippen molar-refractivity contribution in [3.05, 3.63) is 34.2 Å². The lowest BCUT2D eigenvalue weighted by Crippen LogP contribution is -2.28. The van der Waals surface area contributed by atoms with Crippen LogP contribution in [0.15, 0.2) is 28.7 Å². The zero-order valence-electron chi connectivity index (χ0n) is 10.7. The van der Waals surface area contributed by atoms with Gasteiger partial charge in [0.1, 0.15) is 0 Å². The number of hydrogen-bond acceptors (Lipinski definition) is 5. The van der Waals surface area contributed by atoms with Gasteiger partial charge in [-0.25, -0.2) is 13.1 Å². The Bertz CT molecular complexity index is 619. The van der Waals surface area contributed by atoms with Crippen LogP contribution in [0.5, 0.6) is 0 Å². The highest BCUT2D eigenvalue weighted by Crippen LogP contribution is 2.21. The van der Waals surface area contributed by atoms with Crippen LogP contribution in [0.25, 0.3) is 0 Å². The first-order valence-corrected chi connectivity index (χ1v) is 8.13. The van der Waals surface area contributed by atoms with Gasteiger partial charge in [-0.1, -0.05) is 6.07 Å². The van der Waals surface area contributed by atoms with Gasteiger partial charge in [0.25, 0.3) is 10.0 Å². The summed E-state index contributed by atoms with van der Waals surface area (Å²) in [6.45, 7) is 2.26. The van der Waals surface area contributed by atoms with Crippen LogP contribution in [0, 0.1) is 0 Å². The topological polar surface area (TPSA) is 86.9 Å². The van der Waals surface area contributed by atoms with Crippen molar-refractivity contribution in [3.63, 3.8) is 0 Å². The number of sulfonamides is 1. The van der Waals surface area contributed by atoms with Crippen molar-refractivity contribution >= 4 is 21.4 Å². The fourth-order valence-corrected chi connectivity index (χ4v) is 3.90. The number of rotatable bonds is 6. The maximum Gasteiger partial charge on any atom is 0.258 e. The van der Waals surface area contributed by atoms with Gasteiger partial charge in [0.2, 0.25) is 0 Å². The summed E-state index contributed by atoms with van der Waals surface area (Å²) in [5.74, 6) is 0. The molecular weight excluding hydrogens is 284 g/mol. The Labute approximate surface area is 116 Å². The van der Waals surface area contributed by atoms with Crippen molar-refractivity contribution in [2.45, 2.75) is 24.5 Å². The van der Waals surface area contributed by atoms with Crippen molar-refractivity contribution in [2.24, 2.45) is 0 Å². The van der Waals surface area contributed by atoms with Gasteiger partial charge < -0.3 is 5.32 Å². The average Bonchev–Trinajstić information content (AvgIpc) is 2.99. The Morgan fingerprint density at radius 1 is 1.53 bits per heavy atom. The minimum Gasteiger partial charge on any atom is -0.316 e. The predicted octanol–water partition coefficient (Wildman–Crippen LogP) is 1.23. The van der Waals surface area contributed by atoms with E-state index in [4.69, 9.17) is 0 Å². The summed E-state index contributed by atoms with van der Waals surface area (Å²) < 4.78 is 27.2. The quantitative estimate of drug-likeness (QED) is 0.749. The predicted molar refractivity (Wildman–Crippen MR) is 74.4 cm³/mol. The second-order valence-electron chi connectivity index (χ2n) is 4.11. The van der Waals surface area contributed by atoms with Crippen molar-refractivity contribution in [1.82, 2.24) is 20.2 Å². The number of nitrogens with zero attached hydrogens (tertiary/aromatic N) is 1. The number of H-pyrrole nitrogens is 1. The lowest BCUT2D eigenvalue weighted by Gasteiger charge is -2.12. The lowest BCUT2D eigenvalue weighted by molar-refractivity contribution is 0.562. The number of aromatic amines is 1. The molecule has 0 aromatic carbocycles. The molecule has 0 aliphatic carbocycles. The first kappa shape index (κ1) is 14.2. The molecule has 0 aliphatic rings. The first-order valence-electron chi connectivity index (χ1n) is 5.77. The summed E-state index contributed by atoms with van der Waals surface area (Å²) in [6.07, 6.45) is 1.51. The SMILES string of the molecule is CNCc1cn[nH]c1S(=O)(=O)NC(C)c1cccs1. The van der Waals surface area contributed by atoms with Crippen LogP contribution in [-0.4, -0.2) is 25.7 Å². The monoisotopic (exact) mass is 300 g/mol. The van der Waals surface area contributed by atoms with Gasteiger partial charge in [-0.05, 0) is 25.4 Å². The molecule has 0 amide bonds. The minimum atomic E-state index is -3.60. The second kappa shape index (κ2) is 5.83. The highest BCUT2D eigenvalue weighted by atomic mass is 32.2. The molecule has 2 aromatic heterocycles. The van der Waals surface area contributed by atoms with Gasteiger partial charge >= 0.3 is 0 Å². The molecule has 0 spiro atoms. The van der Waals surface area contributed by atoms with Crippen molar-refractivity contribution in [2.75, 3.05) is 7.05 Å². The third-order valence-corrected chi connectivity index (χ3v) is 5.23. The van der Waals surface area contributed by atoms with Crippen LogP contribution in [0.4, 0.5) is 0 Å². The Morgan fingerprint density at radius 2 is 2.32 bits per heavy atom. The van der Waals surface area contributed by atoms with Gasteiger partial charge in [-0.3, -0.25) is 5.10 Å². The standard InChI is InChI=1S/C11H16N4O2S2/c1-8(10-4-3-5-18-10)15-19(16,17)11-9(6-12-2)7-13-14-11/h3-5,7-8,12,15H,6H2,1-2H3,(H,13,14). The van der Waals surface area contributed by atoms with Gasteiger partial charge in [0.15, 0.2) is 5.03 Å². The van der Waals surface area contributed by atoms with Gasteiger partial charge in [0.05, 0.1) is 12.2 Å². The molecule has 6 nitrogen and oxygen atoms in total. The summed E-state index contributed by atoms with van der Waals surface area (Å²) in [5, 5.41) is 11.3. The molecule has 0 aliphatic heterocycles. The largest absolute Gasteiger partial charge is 0.316 e. The molecule has 2 aromatic rings. The lowest BCUT2D eigenvalue weighted by atomic mass is 10.3. The number of aromatic nitrogens is 2. The molecule has 0 saturated carbocycles. The third-order valence-electron chi connectivity index (χ3n) is 2.62. The maximum atomic E-state index is 12.3. The van der Waals surface area contributed by atoms with E-state index in [9.17, 15) is 8.42 Å². The summed E-state index contributed by atoms with van der Waals surface area (Å²) in [5.41, 5.74) is 0.619. The van der Waals surface area contributed by atoms with E-state index in [-0.39, 0.29) is 11.1 Å². The van der Waals surface area contributed by atoms with Crippen molar-refractivity contribution < 1.29 is 8.42 Å². The third kappa shape index (κ3) is 3.21. The number of nitrogens with one attached hydrogen (secondary N) is 3. The van der Waals surface area contributed by atoms with Gasteiger partial charge in [-0.2, -0.15) is 5.10 Å². The van der Waals surface area contributed by atoms with E-state index in [2.05, 4.69) is 20.2 Å². The van der Waals surface area contributed by atoms with E-state index in [1.807, 2.05) is 24.4 Å². The summed E-state index contributed by atoms with van der Waals surface area (Å²) in [6, 6.07) is 3.53. The molecule has 0 bridgehead atoms. The Hall–Kier alpha value is -1.22. The zero-order valence-corrected chi connectivity index (χ0v) is 12.3. The maximum absolute atomic E-state index is 12.3. The molecule has 0 saturated heterocycles. The molecule has 19 heavy (non-hydrogen) atoms. The number of hydrogen-bond donors (Lipinski definition) is 3. The van der Waals surface area contributed by atoms with Crippen LogP contribution in [0.1, 0.15) is 23.4 Å². The van der Waals surface area contributed by atoms with E-state index in [0.29, 0.717) is 12.1 Å². The molecule has 2 heterocycles. The molecule has 8 heteroatoms. The first-order chi connectivity index (χ1) is 9.04. The Kier molecular flexibility index (Phi) is 4.35. The van der Waals surface area contributed by atoms with Crippen molar-refractivity contribution in [1.29, 1.82) is 0 Å². The average molecular weight is 300 g/mol. The van der Waals surface area contributed by atoms with E-state index in [0.717, 1.165) is 4.88 Å². The van der Waals surface area contributed by atoms with Crippen LogP contribution in [-0.2, 0) is 16.6 Å². The van der Waals surface area contributed by atoms with Crippen LogP contribution in [0.2, 0.25) is 0 Å². The van der Waals surface area contributed by atoms with E-state index >= 15 is 0 Å². The normalized spacial score (nSPS) is 13.6. The van der Waals surface area contributed by atoms with Crippen LogP contribution in [0.3, 0.4) is 0 Å². The Balaban J connectivity index is 2.20. The molecule has 3 N–H and O–H groups in total. The van der Waals surface area contributed by atoms with Gasteiger partial charge in [0, 0.05) is 17.0 Å². The summed E-state index contributed by atoms with van der Waals surface area (Å²) in [7, 11) is -1.84. The summed E-state index contributed by atoms with van der Waals surface area (Å²) >= 11 is 1.52. The van der Waals surface area contributed by atoms with Crippen LogP contribution < -0.4 is 10.0 Å². The summed E-state index contributed by atoms with van der Waals surface area (Å²) in [4.78, 5) is 0.971. The van der Waals surface area contributed by atoms with Crippen LogP contribution >= 0.6 is 11.3 Å². The second-order valence-corrected chi connectivity index (χ2v) is 6.74. The Morgan fingerprint density at radius 3 is 2.95 bits per heavy atom. The molecule has 0 fully saturated rings. The molecular formula is C11H16N4O2S2. The molecule has 0 radical (unpaired) electrons. The molecule has 2 rings (SSSR count). The molecule has 1 atom stereocenters. The van der Waals surface area contributed by atoms with Crippen molar-refractivity contribution in [3.8, 4) is 0 Å². The fourth-order valence-electron chi connectivity index (χ4n) is 1.74. The smallest absolute Gasteiger partial charge is 0.258 e. The molecule has 104 valence electrons. The van der Waals surface area contributed by atoms with Gasteiger partial charge in [-0.15, -0.1) is 11.3 Å².